The quantitative estimate of drug-likeness (QED) is 0.655. The summed E-state index contributed by atoms with van der Waals surface area (Å²) in [5, 5.41) is 3.13. The highest BCUT2D eigenvalue weighted by molar-refractivity contribution is 7.89. The first-order chi connectivity index (χ1) is 15.4. The van der Waals surface area contributed by atoms with Crippen LogP contribution in [0.2, 0.25) is 0 Å². The SMILES string of the molecule is CC(NC(=O)C1CCCN(S(=O)(=O)CCCc2ccccc2)C1)c1ccc2c(c1)CCC2. The molecule has 172 valence electrons. The van der Waals surface area contributed by atoms with Crippen LogP contribution in [0.25, 0.3) is 0 Å². The Hall–Kier alpha value is -2.18. The van der Waals surface area contributed by atoms with Crippen LogP contribution in [-0.4, -0.2) is 37.5 Å². The molecule has 1 N–H and O–H groups in total. The first-order valence-electron chi connectivity index (χ1n) is 11.9. The van der Waals surface area contributed by atoms with Crippen molar-refractivity contribution in [3.63, 3.8) is 0 Å². The molecule has 1 aliphatic carbocycles. The average molecular weight is 455 g/mol. The van der Waals surface area contributed by atoms with Gasteiger partial charge in [-0.3, -0.25) is 4.79 Å². The fourth-order valence-electron chi connectivity index (χ4n) is 4.92. The summed E-state index contributed by atoms with van der Waals surface area (Å²) in [4.78, 5) is 13.0. The van der Waals surface area contributed by atoms with Crippen LogP contribution in [0, 0.1) is 5.92 Å². The fourth-order valence-corrected chi connectivity index (χ4v) is 6.50. The Bertz CT molecular complexity index is 1040. The van der Waals surface area contributed by atoms with Gasteiger partial charge in [-0.2, -0.15) is 0 Å². The highest BCUT2D eigenvalue weighted by Gasteiger charge is 2.32. The van der Waals surface area contributed by atoms with Gasteiger partial charge < -0.3 is 5.32 Å². The maximum Gasteiger partial charge on any atom is 0.224 e. The van der Waals surface area contributed by atoms with Gasteiger partial charge in [0.2, 0.25) is 15.9 Å². The predicted molar refractivity (Wildman–Crippen MR) is 128 cm³/mol. The van der Waals surface area contributed by atoms with Gasteiger partial charge in [0.05, 0.1) is 17.7 Å². The zero-order valence-corrected chi connectivity index (χ0v) is 19.7. The van der Waals surface area contributed by atoms with Crippen LogP contribution < -0.4 is 5.32 Å². The summed E-state index contributed by atoms with van der Waals surface area (Å²) in [6.45, 7) is 2.81. The van der Waals surface area contributed by atoms with Crippen molar-refractivity contribution in [1.82, 2.24) is 9.62 Å². The second-order valence-electron chi connectivity index (χ2n) is 9.21. The molecule has 2 unspecified atom stereocenters. The lowest BCUT2D eigenvalue weighted by molar-refractivity contribution is -0.126. The Kier molecular flexibility index (Phi) is 7.31. The number of nitrogens with one attached hydrogen (secondary N) is 1. The van der Waals surface area contributed by atoms with Crippen LogP contribution in [0.3, 0.4) is 0 Å². The van der Waals surface area contributed by atoms with Crippen molar-refractivity contribution in [3.8, 4) is 0 Å². The van der Waals surface area contributed by atoms with Crippen LogP contribution in [0.1, 0.15) is 60.9 Å². The minimum Gasteiger partial charge on any atom is -0.349 e. The Labute approximate surface area is 192 Å². The minimum atomic E-state index is -3.35. The van der Waals surface area contributed by atoms with Crippen LogP contribution in [-0.2, 0) is 34.1 Å². The minimum absolute atomic E-state index is 0.0396. The molecular weight excluding hydrogens is 420 g/mol. The van der Waals surface area contributed by atoms with E-state index in [1.54, 1.807) is 0 Å². The molecule has 0 spiro atoms. The topological polar surface area (TPSA) is 66.5 Å². The van der Waals surface area contributed by atoms with Crippen molar-refractivity contribution in [2.75, 3.05) is 18.8 Å². The largest absolute Gasteiger partial charge is 0.349 e. The number of fused-ring (bicyclic) bond motifs is 1. The number of nitrogens with zero attached hydrogens (tertiary/aromatic N) is 1. The number of hydrogen-bond acceptors (Lipinski definition) is 3. The predicted octanol–water partition coefficient (Wildman–Crippen LogP) is 4.03. The Morgan fingerprint density at radius 1 is 1.09 bits per heavy atom. The average Bonchev–Trinajstić information content (AvgIpc) is 3.28. The number of piperidine rings is 1. The highest BCUT2D eigenvalue weighted by Crippen LogP contribution is 2.26. The summed E-state index contributed by atoms with van der Waals surface area (Å²) in [6, 6.07) is 16.4. The van der Waals surface area contributed by atoms with E-state index in [4.69, 9.17) is 0 Å². The van der Waals surface area contributed by atoms with Crippen molar-refractivity contribution < 1.29 is 13.2 Å². The zero-order valence-electron chi connectivity index (χ0n) is 18.9. The van der Waals surface area contributed by atoms with Crippen molar-refractivity contribution >= 4 is 15.9 Å². The molecule has 1 saturated heterocycles. The normalized spacial score (nSPS) is 20.0. The third kappa shape index (κ3) is 5.59. The van der Waals surface area contributed by atoms with Crippen molar-refractivity contribution in [2.24, 2.45) is 5.92 Å². The molecule has 2 aliphatic rings. The van der Waals surface area contributed by atoms with Gasteiger partial charge in [-0.15, -0.1) is 0 Å². The van der Waals surface area contributed by atoms with E-state index in [-0.39, 0.29) is 30.2 Å². The smallest absolute Gasteiger partial charge is 0.224 e. The standard InChI is InChI=1S/C26H34N2O3S/c1-20(23-15-14-22-11-5-12-24(22)18-23)27-26(29)25-13-6-16-28(19-25)32(30,31)17-7-10-21-8-3-2-4-9-21/h2-4,8-9,14-15,18,20,25H,5-7,10-13,16-17,19H2,1H3,(H,27,29). The zero-order chi connectivity index (χ0) is 22.6. The maximum atomic E-state index is 13.0. The Balaban J connectivity index is 1.31. The summed E-state index contributed by atoms with van der Waals surface area (Å²) in [7, 11) is -3.35. The number of hydrogen-bond donors (Lipinski definition) is 1. The lowest BCUT2D eigenvalue weighted by atomic mass is 9.97. The van der Waals surface area contributed by atoms with Crippen molar-refractivity contribution in [3.05, 3.63) is 70.8 Å². The van der Waals surface area contributed by atoms with Gasteiger partial charge in [0.1, 0.15) is 0 Å². The van der Waals surface area contributed by atoms with E-state index in [1.165, 1.54) is 21.9 Å². The molecule has 2 aromatic rings. The van der Waals surface area contributed by atoms with Gasteiger partial charge >= 0.3 is 0 Å². The van der Waals surface area contributed by atoms with Crippen LogP contribution >= 0.6 is 0 Å². The number of rotatable bonds is 8. The highest BCUT2D eigenvalue weighted by atomic mass is 32.2. The second-order valence-corrected chi connectivity index (χ2v) is 11.3. The van der Waals surface area contributed by atoms with E-state index in [9.17, 15) is 13.2 Å². The third-order valence-corrected chi connectivity index (χ3v) is 8.76. The van der Waals surface area contributed by atoms with Gasteiger partial charge in [0.15, 0.2) is 0 Å². The van der Waals surface area contributed by atoms with Gasteiger partial charge in [0, 0.05) is 13.1 Å². The van der Waals surface area contributed by atoms with E-state index < -0.39 is 10.0 Å². The number of aryl methyl sites for hydroxylation is 3. The third-order valence-electron chi connectivity index (χ3n) is 6.84. The molecule has 0 bridgehead atoms. The monoisotopic (exact) mass is 454 g/mol. The number of carbonyl (C=O) groups excluding carboxylic acids is 1. The van der Waals surface area contributed by atoms with Crippen LogP contribution in [0.15, 0.2) is 48.5 Å². The van der Waals surface area contributed by atoms with Crippen molar-refractivity contribution in [1.29, 1.82) is 0 Å². The lowest BCUT2D eigenvalue weighted by Crippen LogP contribution is -2.46. The van der Waals surface area contributed by atoms with Gasteiger partial charge in [-0.25, -0.2) is 12.7 Å². The summed E-state index contributed by atoms with van der Waals surface area (Å²) < 4.78 is 27.3. The van der Waals surface area contributed by atoms with Crippen LogP contribution in [0.5, 0.6) is 0 Å². The molecule has 2 atom stereocenters. The number of sulfonamides is 1. The molecule has 1 aliphatic heterocycles. The number of carbonyl (C=O) groups is 1. The van der Waals surface area contributed by atoms with Gasteiger partial charge in [0.25, 0.3) is 0 Å². The molecule has 1 fully saturated rings. The second kappa shape index (κ2) is 10.2. The molecule has 0 aromatic heterocycles. The molecule has 0 radical (unpaired) electrons. The molecule has 5 nitrogen and oxygen atoms in total. The number of amides is 1. The lowest BCUT2D eigenvalue weighted by Gasteiger charge is -2.32. The van der Waals surface area contributed by atoms with E-state index in [1.807, 2.05) is 37.3 Å². The molecule has 1 heterocycles. The molecular formula is C26H34N2O3S. The summed E-state index contributed by atoms with van der Waals surface area (Å²) in [6.07, 6.45) is 6.27. The molecule has 32 heavy (non-hydrogen) atoms. The van der Waals surface area contributed by atoms with E-state index in [0.717, 1.165) is 43.2 Å². The van der Waals surface area contributed by atoms with Gasteiger partial charge in [-0.05, 0) is 74.1 Å². The van der Waals surface area contributed by atoms with Crippen molar-refractivity contribution in [2.45, 2.75) is 57.9 Å². The Morgan fingerprint density at radius 3 is 2.69 bits per heavy atom. The molecule has 1 amide bonds. The van der Waals surface area contributed by atoms with Gasteiger partial charge in [-0.1, -0.05) is 48.5 Å². The molecule has 2 aromatic carbocycles. The first-order valence-corrected chi connectivity index (χ1v) is 13.5. The van der Waals surface area contributed by atoms with E-state index in [2.05, 4.69) is 23.5 Å². The first kappa shape index (κ1) is 23.0. The molecule has 4 rings (SSSR count). The summed E-state index contributed by atoms with van der Waals surface area (Å²) >= 11 is 0. The molecule has 6 heteroatoms. The summed E-state index contributed by atoms with van der Waals surface area (Å²) in [5.74, 6) is -0.200. The fraction of sp³-hybridized carbons (Fsp3) is 0.500. The Morgan fingerprint density at radius 2 is 1.88 bits per heavy atom. The van der Waals surface area contributed by atoms with Crippen LogP contribution in [0.4, 0.5) is 0 Å². The summed E-state index contributed by atoms with van der Waals surface area (Å²) in [5.41, 5.74) is 5.10. The number of benzene rings is 2. The molecule has 0 saturated carbocycles. The van der Waals surface area contributed by atoms with E-state index in [0.29, 0.717) is 13.0 Å². The maximum absolute atomic E-state index is 13.0. The van der Waals surface area contributed by atoms with E-state index >= 15 is 0 Å².